The van der Waals surface area contributed by atoms with Gasteiger partial charge in [0.05, 0.1) is 5.75 Å². The molecule has 1 aliphatic rings. The van der Waals surface area contributed by atoms with Crippen molar-refractivity contribution in [3.63, 3.8) is 0 Å². The van der Waals surface area contributed by atoms with Crippen molar-refractivity contribution in [2.75, 3.05) is 5.73 Å². The zero-order valence-corrected chi connectivity index (χ0v) is 11.3. The average Bonchev–Trinajstić information content (AvgIpc) is 2.81. The Morgan fingerprint density at radius 1 is 1.32 bits per heavy atom. The van der Waals surface area contributed by atoms with E-state index < -0.39 is 0 Å². The number of aromatic nitrogens is 3. The van der Waals surface area contributed by atoms with Crippen LogP contribution in [0.3, 0.4) is 0 Å². The number of fused-ring (bicyclic) bond motifs is 1. The van der Waals surface area contributed by atoms with Crippen molar-refractivity contribution in [1.29, 1.82) is 0 Å². The van der Waals surface area contributed by atoms with Crippen LogP contribution in [0.5, 0.6) is 0 Å². The first-order valence-corrected chi connectivity index (χ1v) is 7.31. The lowest BCUT2D eigenvalue weighted by molar-refractivity contribution is 0.513. The fraction of sp³-hybridized carbons (Fsp3) is 0.385. The molecule has 2 heterocycles. The van der Waals surface area contributed by atoms with Gasteiger partial charge in [0.15, 0.2) is 0 Å². The van der Waals surface area contributed by atoms with Crippen LogP contribution >= 0.6 is 11.8 Å². The number of nitrogen functional groups attached to an aromatic ring is 1. The van der Waals surface area contributed by atoms with Crippen molar-refractivity contribution in [2.24, 2.45) is 0 Å². The summed E-state index contributed by atoms with van der Waals surface area (Å²) in [6.45, 7) is 0.975. The molecule has 100 valence electrons. The number of halogens is 1. The van der Waals surface area contributed by atoms with E-state index in [4.69, 9.17) is 5.73 Å². The zero-order valence-electron chi connectivity index (χ0n) is 10.5. The maximum atomic E-state index is 13.7. The number of thioether (sulfide) groups is 1. The SMILES string of the molecule is Nc1ccc(SCc2nnc3n2CCCC3)c(F)c1. The van der Waals surface area contributed by atoms with Crippen LogP contribution in [-0.2, 0) is 18.7 Å². The van der Waals surface area contributed by atoms with Gasteiger partial charge in [-0.05, 0) is 31.0 Å². The molecule has 0 atom stereocenters. The average molecular weight is 278 g/mol. The molecule has 0 unspecified atom stereocenters. The van der Waals surface area contributed by atoms with Gasteiger partial charge in [-0.2, -0.15) is 0 Å². The predicted molar refractivity (Wildman–Crippen MR) is 73.3 cm³/mol. The number of hydrogen-bond acceptors (Lipinski definition) is 4. The summed E-state index contributed by atoms with van der Waals surface area (Å²) in [6, 6.07) is 4.77. The number of rotatable bonds is 3. The van der Waals surface area contributed by atoms with Gasteiger partial charge in [0.1, 0.15) is 17.5 Å². The largest absolute Gasteiger partial charge is 0.399 e. The molecule has 3 rings (SSSR count). The first kappa shape index (κ1) is 12.5. The Hall–Kier alpha value is -1.56. The number of anilines is 1. The Bertz CT molecular complexity index is 596. The molecule has 0 spiro atoms. The molecule has 0 amide bonds. The summed E-state index contributed by atoms with van der Waals surface area (Å²) in [4.78, 5) is 0.599. The Balaban J connectivity index is 1.74. The molecule has 6 heteroatoms. The highest BCUT2D eigenvalue weighted by atomic mass is 32.2. The van der Waals surface area contributed by atoms with Crippen LogP contribution in [0.25, 0.3) is 0 Å². The Labute approximate surface area is 115 Å². The summed E-state index contributed by atoms with van der Waals surface area (Å²) >= 11 is 1.43. The van der Waals surface area contributed by atoms with Crippen molar-refractivity contribution < 1.29 is 4.39 Å². The summed E-state index contributed by atoms with van der Waals surface area (Å²) in [5, 5.41) is 8.40. The molecular weight excluding hydrogens is 263 g/mol. The lowest BCUT2D eigenvalue weighted by Crippen LogP contribution is -2.12. The van der Waals surface area contributed by atoms with Gasteiger partial charge in [0.2, 0.25) is 0 Å². The highest BCUT2D eigenvalue weighted by Gasteiger charge is 2.16. The van der Waals surface area contributed by atoms with Crippen LogP contribution in [0.15, 0.2) is 23.1 Å². The second-order valence-corrected chi connectivity index (χ2v) is 5.64. The smallest absolute Gasteiger partial charge is 0.143 e. The minimum absolute atomic E-state index is 0.275. The molecule has 1 aliphatic heterocycles. The van der Waals surface area contributed by atoms with Crippen LogP contribution in [0.2, 0.25) is 0 Å². The van der Waals surface area contributed by atoms with Gasteiger partial charge in [-0.25, -0.2) is 4.39 Å². The standard InChI is InChI=1S/C13H15FN4S/c14-10-7-9(15)4-5-11(10)19-8-13-17-16-12-3-1-2-6-18(12)13/h4-5,7H,1-3,6,8,15H2. The lowest BCUT2D eigenvalue weighted by atomic mass is 10.2. The summed E-state index contributed by atoms with van der Waals surface area (Å²) in [5.74, 6) is 2.34. The molecule has 1 aromatic heterocycles. The quantitative estimate of drug-likeness (QED) is 0.692. The second kappa shape index (κ2) is 5.21. The molecular formula is C13H15FN4S. The highest BCUT2D eigenvalue weighted by Crippen LogP contribution is 2.27. The van der Waals surface area contributed by atoms with Crippen LogP contribution < -0.4 is 5.73 Å². The van der Waals surface area contributed by atoms with Gasteiger partial charge >= 0.3 is 0 Å². The zero-order chi connectivity index (χ0) is 13.2. The van der Waals surface area contributed by atoms with Gasteiger partial charge in [-0.15, -0.1) is 22.0 Å². The number of benzene rings is 1. The number of aryl methyl sites for hydroxylation is 1. The first-order valence-electron chi connectivity index (χ1n) is 6.33. The molecule has 0 aliphatic carbocycles. The molecule has 2 aromatic rings. The van der Waals surface area contributed by atoms with Crippen LogP contribution in [-0.4, -0.2) is 14.8 Å². The fourth-order valence-corrected chi connectivity index (χ4v) is 3.11. The number of nitrogens with zero attached hydrogens (tertiary/aromatic N) is 3. The van der Waals surface area contributed by atoms with Crippen LogP contribution in [0, 0.1) is 5.82 Å². The highest BCUT2D eigenvalue weighted by molar-refractivity contribution is 7.98. The summed E-state index contributed by atoms with van der Waals surface area (Å²) < 4.78 is 15.8. The Kier molecular flexibility index (Phi) is 3.42. The van der Waals surface area contributed by atoms with Crippen molar-refractivity contribution in [3.05, 3.63) is 35.7 Å². The molecule has 1 aromatic carbocycles. The van der Waals surface area contributed by atoms with Crippen molar-refractivity contribution in [2.45, 2.75) is 36.5 Å². The van der Waals surface area contributed by atoms with E-state index in [1.54, 1.807) is 12.1 Å². The molecule has 0 saturated heterocycles. The van der Waals surface area contributed by atoms with Crippen LogP contribution in [0.1, 0.15) is 24.5 Å². The first-order chi connectivity index (χ1) is 9.24. The van der Waals surface area contributed by atoms with Crippen LogP contribution in [0.4, 0.5) is 10.1 Å². The van der Waals surface area contributed by atoms with Gasteiger partial charge in [0.25, 0.3) is 0 Å². The third-order valence-corrected chi connectivity index (χ3v) is 4.29. The van der Waals surface area contributed by atoms with E-state index >= 15 is 0 Å². The van der Waals surface area contributed by atoms with Gasteiger partial charge in [-0.3, -0.25) is 0 Å². The number of nitrogens with two attached hydrogens (primary N) is 1. The van der Waals surface area contributed by atoms with Gasteiger partial charge in [0, 0.05) is 23.5 Å². The summed E-state index contributed by atoms with van der Waals surface area (Å²) in [6.07, 6.45) is 3.34. The monoisotopic (exact) mass is 278 g/mol. The van der Waals surface area contributed by atoms with E-state index in [1.165, 1.54) is 30.7 Å². The molecule has 0 bridgehead atoms. The second-order valence-electron chi connectivity index (χ2n) is 4.62. The minimum atomic E-state index is -0.275. The van der Waals surface area contributed by atoms with E-state index in [0.29, 0.717) is 16.3 Å². The third kappa shape index (κ3) is 2.58. The van der Waals surface area contributed by atoms with Gasteiger partial charge < -0.3 is 10.3 Å². The van der Waals surface area contributed by atoms with Gasteiger partial charge in [-0.1, -0.05) is 0 Å². The Morgan fingerprint density at radius 3 is 3.05 bits per heavy atom. The third-order valence-electron chi connectivity index (χ3n) is 3.25. The number of hydrogen-bond donors (Lipinski definition) is 1. The Morgan fingerprint density at radius 2 is 2.21 bits per heavy atom. The van der Waals surface area contributed by atoms with Crippen molar-refractivity contribution in [3.8, 4) is 0 Å². The van der Waals surface area contributed by atoms with E-state index in [-0.39, 0.29) is 5.82 Å². The van der Waals surface area contributed by atoms with E-state index in [9.17, 15) is 4.39 Å². The lowest BCUT2D eigenvalue weighted by Gasteiger charge is -2.14. The minimum Gasteiger partial charge on any atom is -0.399 e. The van der Waals surface area contributed by atoms with E-state index in [2.05, 4.69) is 14.8 Å². The topological polar surface area (TPSA) is 56.7 Å². The maximum absolute atomic E-state index is 13.7. The normalized spacial score (nSPS) is 14.4. The van der Waals surface area contributed by atoms with E-state index in [1.807, 2.05) is 0 Å². The van der Waals surface area contributed by atoms with E-state index in [0.717, 1.165) is 24.6 Å². The summed E-state index contributed by atoms with van der Waals surface area (Å²) in [7, 11) is 0. The molecule has 0 radical (unpaired) electrons. The van der Waals surface area contributed by atoms with Crippen molar-refractivity contribution >= 4 is 17.4 Å². The molecule has 0 saturated carbocycles. The molecule has 2 N–H and O–H groups in total. The fourth-order valence-electron chi connectivity index (χ4n) is 2.25. The molecule has 4 nitrogen and oxygen atoms in total. The molecule has 0 fully saturated rings. The van der Waals surface area contributed by atoms with Crippen molar-refractivity contribution in [1.82, 2.24) is 14.8 Å². The molecule has 19 heavy (non-hydrogen) atoms. The maximum Gasteiger partial charge on any atom is 0.143 e. The predicted octanol–water partition coefficient (Wildman–Crippen LogP) is 2.63. The summed E-state index contributed by atoms with van der Waals surface area (Å²) in [5.41, 5.74) is 5.98.